The number of aromatic nitrogens is 3. The van der Waals surface area contributed by atoms with Gasteiger partial charge >= 0.3 is 0 Å². The van der Waals surface area contributed by atoms with Gasteiger partial charge in [0.05, 0.1) is 44.5 Å². The molecule has 0 atom stereocenters. The Kier molecular flexibility index (Phi) is 9.70. The lowest BCUT2D eigenvalue weighted by atomic mass is 9.35. The lowest BCUT2D eigenvalue weighted by Crippen LogP contribution is -2.57. The van der Waals surface area contributed by atoms with Crippen LogP contribution in [0.25, 0.3) is 116 Å². The number of para-hydroxylation sites is 6. The Bertz CT molecular complexity index is 5380. The van der Waals surface area contributed by atoms with Gasteiger partial charge in [0.15, 0.2) is 0 Å². The lowest BCUT2D eigenvalue weighted by molar-refractivity contribution is 0.464. The first-order valence-electron chi connectivity index (χ1n) is 29.4. The summed E-state index contributed by atoms with van der Waals surface area (Å²) < 4.78 is 21.2. The van der Waals surface area contributed by atoms with Gasteiger partial charge in [-0.1, -0.05) is 206 Å². The molecule has 0 N–H and O–H groups in total. The average molecular weight is 1080 g/mol. The molecule has 5 heterocycles. The third-order valence-corrected chi connectivity index (χ3v) is 18.7. The Morgan fingerprint density at radius 3 is 1.34 bits per heavy atom. The van der Waals surface area contributed by atoms with E-state index in [-0.39, 0.29) is 12.6 Å². The van der Waals surface area contributed by atoms with Crippen molar-refractivity contribution in [2.75, 3.05) is 0 Å². The van der Waals surface area contributed by atoms with E-state index >= 15 is 0 Å². The van der Waals surface area contributed by atoms with E-state index in [1.54, 1.807) is 0 Å². The second kappa shape index (κ2) is 17.7. The Hall–Kier alpha value is -11.1. The molecule has 0 radical (unpaired) electrons. The number of hydrogen-bond acceptors (Lipinski definition) is 2. The summed E-state index contributed by atoms with van der Waals surface area (Å²) >= 11 is 0. The fraction of sp³-hybridized carbons (Fsp3) is 0.0127. The molecule has 85 heavy (non-hydrogen) atoms. The highest BCUT2D eigenvalue weighted by atomic mass is 16.5. The normalized spacial score (nSPS) is 13.1. The number of rotatable bonds is 6. The highest BCUT2D eigenvalue weighted by molar-refractivity contribution is 6.98. The molecule has 0 bridgehead atoms. The zero-order valence-electron chi connectivity index (χ0n) is 45.9. The van der Waals surface area contributed by atoms with Crippen LogP contribution < -0.4 is 25.9 Å². The molecule has 2 aliphatic heterocycles. The van der Waals surface area contributed by atoms with Gasteiger partial charge in [0.25, 0.3) is 6.71 Å². The van der Waals surface area contributed by atoms with E-state index in [1.165, 1.54) is 76.7 Å². The molecule has 3 aliphatic rings. The van der Waals surface area contributed by atoms with E-state index in [9.17, 15) is 0 Å². The highest BCUT2D eigenvalue weighted by Crippen LogP contribution is 2.52. The maximum atomic E-state index is 6.89. The molecule has 394 valence electrons. The van der Waals surface area contributed by atoms with Gasteiger partial charge in [0, 0.05) is 67.1 Å². The summed E-state index contributed by atoms with van der Waals surface area (Å²) in [6, 6.07) is 105. The van der Waals surface area contributed by atoms with Gasteiger partial charge in [0.1, 0.15) is 23.0 Å². The molecule has 6 heteroatoms. The molecule has 19 rings (SSSR count). The molecule has 5 nitrogen and oxygen atoms in total. The Labute approximate surface area is 490 Å². The summed E-state index contributed by atoms with van der Waals surface area (Å²) in [5, 5.41) is 7.23. The highest BCUT2D eigenvalue weighted by Gasteiger charge is 2.41. The summed E-state index contributed by atoms with van der Waals surface area (Å²) in [5.74, 6) is 3.41. The van der Waals surface area contributed by atoms with Crippen LogP contribution in [-0.4, -0.2) is 20.4 Å². The first-order chi connectivity index (χ1) is 42.2. The minimum absolute atomic E-state index is 0.00992. The zero-order valence-corrected chi connectivity index (χ0v) is 45.9. The molecule has 0 amide bonds. The van der Waals surface area contributed by atoms with Gasteiger partial charge < -0.3 is 23.2 Å². The van der Waals surface area contributed by atoms with Gasteiger partial charge in [-0.3, -0.25) is 0 Å². The Balaban J connectivity index is 0.852. The largest absolute Gasteiger partial charge is 0.458 e. The summed E-state index contributed by atoms with van der Waals surface area (Å²) in [6.07, 6.45) is 0. The lowest BCUT2D eigenvalue weighted by Gasteiger charge is -2.33. The van der Waals surface area contributed by atoms with Gasteiger partial charge in [-0.05, 0) is 122 Å². The second-order valence-corrected chi connectivity index (χ2v) is 23.0. The molecular formula is C79H48BN3O2. The van der Waals surface area contributed by atoms with Crippen LogP contribution in [0.1, 0.15) is 22.6 Å². The van der Waals surface area contributed by atoms with Crippen molar-refractivity contribution in [3.8, 4) is 73.4 Å². The van der Waals surface area contributed by atoms with Crippen LogP contribution in [-0.2, 0) is 0 Å². The van der Waals surface area contributed by atoms with E-state index in [0.717, 1.165) is 95.2 Å². The molecule has 0 spiro atoms. The van der Waals surface area contributed by atoms with Crippen molar-refractivity contribution in [1.82, 2.24) is 13.7 Å². The number of nitrogens with zero attached hydrogens (tertiary/aromatic N) is 3. The molecule has 13 aromatic carbocycles. The van der Waals surface area contributed by atoms with Crippen molar-refractivity contribution in [2.45, 2.75) is 5.92 Å². The number of fused-ring (bicyclic) bond motifs is 16. The minimum Gasteiger partial charge on any atom is -0.458 e. The molecule has 3 aromatic heterocycles. The van der Waals surface area contributed by atoms with Crippen LogP contribution in [0.4, 0.5) is 0 Å². The maximum absolute atomic E-state index is 6.89. The fourth-order valence-electron chi connectivity index (χ4n) is 15.2. The summed E-state index contributed by atoms with van der Waals surface area (Å²) in [5.41, 5.74) is 24.6. The Morgan fingerprint density at radius 1 is 0.282 bits per heavy atom. The zero-order chi connectivity index (χ0) is 55.4. The van der Waals surface area contributed by atoms with Crippen LogP contribution in [0.2, 0.25) is 0 Å². The smallest absolute Gasteiger partial charge is 0.260 e. The van der Waals surface area contributed by atoms with E-state index in [2.05, 4.69) is 299 Å². The predicted molar refractivity (Wildman–Crippen MR) is 351 cm³/mol. The number of ether oxygens (including phenoxy) is 2. The molecular weight excluding hydrogens is 1030 g/mol. The predicted octanol–water partition coefficient (Wildman–Crippen LogP) is 18.2. The van der Waals surface area contributed by atoms with Crippen molar-refractivity contribution in [3.63, 3.8) is 0 Å². The van der Waals surface area contributed by atoms with Crippen LogP contribution >= 0.6 is 0 Å². The molecule has 0 unspecified atom stereocenters. The van der Waals surface area contributed by atoms with Crippen LogP contribution in [0.5, 0.6) is 23.0 Å². The number of hydrogen-bond donors (Lipinski definition) is 0. The maximum Gasteiger partial charge on any atom is 0.260 e. The van der Waals surface area contributed by atoms with Crippen LogP contribution in [0.3, 0.4) is 0 Å². The first kappa shape index (κ1) is 46.5. The van der Waals surface area contributed by atoms with Crippen LogP contribution in [0.15, 0.2) is 285 Å². The molecule has 0 fully saturated rings. The van der Waals surface area contributed by atoms with Gasteiger partial charge in [-0.2, -0.15) is 0 Å². The van der Waals surface area contributed by atoms with Crippen molar-refractivity contribution in [1.29, 1.82) is 0 Å². The fourth-order valence-corrected chi connectivity index (χ4v) is 15.2. The quantitative estimate of drug-likeness (QED) is 0.156. The van der Waals surface area contributed by atoms with E-state index < -0.39 is 0 Å². The van der Waals surface area contributed by atoms with Crippen LogP contribution in [0, 0.1) is 0 Å². The van der Waals surface area contributed by atoms with Gasteiger partial charge in [-0.15, -0.1) is 0 Å². The third-order valence-electron chi connectivity index (χ3n) is 18.7. The molecule has 1 aliphatic carbocycles. The summed E-state index contributed by atoms with van der Waals surface area (Å²) in [7, 11) is 0. The number of benzene rings is 13. The molecule has 0 saturated heterocycles. The summed E-state index contributed by atoms with van der Waals surface area (Å²) in [4.78, 5) is 0. The first-order valence-corrected chi connectivity index (χ1v) is 29.4. The second-order valence-electron chi connectivity index (χ2n) is 23.0. The Morgan fingerprint density at radius 2 is 0.729 bits per heavy atom. The minimum atomic E-state index is -0.00992. The molecule has 16 aromatic rings. The van der Waals surface area contributed by atoms with E-state index in [0.29, 0.717) is 0 Å². The van der Waals surface area contributed by atoms with Crippen molar-refractivity contribution in [2.24, 2.45) is 0 Å². The SMILES string of the molecule is c1ccc2c(c1)Oc1cc(-n3c4ccccc4c4c(-c5ccc(-c6ccccc6C6c7ccccc7-c7ccccc76)c(-n6c7ccccc7c7cc(-n8c9ccccc9c9ccccc98)ccc76)c5)cccc43)cc3c1B2c1ccccc1O3. The van der Waals surface area contributed by atoms with Crippen molar-refractivity contribution in [3.05, 3.63) is 302 Å². The molecule has 0 saturated carbocycles. The average Bonchev–Trinajstić information content (AvgIpc) is 2.55. The topological polar surface area (TPSA) is 33.2 Å². The van der Waals surface area contributed by atoms with Crippen molar-refractivity contribution < 1.29 is 9.47 Å². The standard InChI is InChI=1S/C79H48BN3O2/c1-4-26-59-52(20-1)53-21-2-5-27-60(53)77(59)61-28-6-3-22-54(61)58-42-40-48(44-72(58)83-68-35-15-9-25-57(68)63-45-49(41-43-70(63)83)81-66-33-13-7-23-55(66)56-24-8-14-34-67(56)81)51-30-19-37-71-78(51)62-29-10-16-36-69(62)82(71)50-46-75-79-76(47-50)85-74-39-18-12-32-65(74)80(79)64-31-11-17-38-73(64)84-75/h1-47,77H. The van der Waals surface area contributed by atoms with Gasteiger partial charge in [-0.25, -0.2) is 0 Å². The third kappa shape index (κ3) is 6.59. The van der Waals surface area contributed by atoms with Crippen molar-refractivity contribution >= 4 is 88.5 Å². The monoisotopic (exact) mass is 1080 g/mol. The summed E-state index contributed by atoms with van der Waals surface area (Å²) in [6.45, 7) is -0.00992. The van der Waals surface area contributed by atoms with E-state index in [4.69, 9.17) is 9.47 Å². The van der Waals surface area contributed by atoms with E-state index in [1.807, 2.05) is 0 Å². The van der Waals surface area contributed by atoms with Gasteiger partial charge in [0.2, 0.25) is 0 Å².